The van der Waals surface area contributed by atoms with Gasteiger partial charge in [0.2, 0.25) is 0 Å². The first-order valence-corrected chi connectivity index (χ1v) is 7.90. The number of thioether (sulfide) groups is 1. The van der Waals surface area contributed by atoms with Gasteiger partial charge in [-0.05, 0) is 31.4 Å². The standard InChI is InChI=1S/C15H15NO5S/c17-13(18)9-6-5-8(7-10(9)14(19)20)22-15-16-11-3-1-2-4-12(11)21-15/h1-4,8-10H,5-7H2,(H,17,18)(H,19,20). The molecule has 1 heterocycles. The fourth-order valence-corrected chi connectivity index (χ4v) is 3.98. The van der Waals surface area contributed by atoms with E-state index in [9.17, 15) is 14.7 Å². The van der Waals surface area contributed by atoms with Gasteiger partial charge in [-0.2, -0.15) is 0 Å². The summed E-state index contributed by atoms with van der Waals surface area (Å²) < 4.78 is 5.63. The number of carboxylic acids is 2. The molecule has 0 radical (unpaired) electrons. The second kappa shape index (κ2) is 6.00. The van der Waals surface area contributed by atoms with Crippen LogP contribution in [0.25, 0.3) is 11.1 Å². The van der Waals surface area contributed by atoms with Crippen LogP contribution in [0.15, 0.2) is 33.9 Å². The van der Waals surface area contributed by atoms with Crippen molar-refractivity contribution >= 4 is 34.8 Å². The van der Waals surface area contributed by atoms with E-state index >= 15 is 0 Å². The van der Waals surface area contributed by atoms with Gasteiger partial charge < -0.3 is 14.6 Å². The second-order valence-electron chi connectivity index (χ2n) is 5.39. The Bertz CT molecular complexity index is 680. The van der Waals surface area contributed by atoms with Crippen molar-refractivity contribution in [2.45, 2.75) is 29.7 Å². The predicted molar refractivity (Wildman–Crippen MR) is 79.8 cm³/mol. The zero-order chi connectivity index (χ0) is 15.7. The molecule has 1 aliphatic rings. The maximum absolute atomic E-state index is 11.3. The van der Waals surface area contributed by atoms with Crippen LogP contribution in [-0.4, -0.2) is 32.4 Å². The zero-order valence-corrected chi connectivity index (χ0v) is 12.5. The van der Waals surface area contributed by atoms with Crippen LogP contribution in [0, 0.1) is 11.8 Å². The molecule has 7 heteroatoms. The number of benzene rings is 1. The summed E-state index contributed by atoms with van der Waals surface area (Å²) in [5, 5.41) is 18.9. The Morgan fingerprint density at radius 2 is 1.86 bits per heavy atom. The number of oxazole rings is 1. The summed E-state index contributed by atoms with van der Waals surface area (Å²) in [6.07, 6.45) is 1.32. The van der Waals surface area contributed by atoms with Crippen molar-refractivity contribution in [1.29, 1.82) is 0 Å². The Labute approximate surface area is 130 Å². The van der Waals surface area contributed by atoms with Crippen molar-refractivity contribution in [3.05, 3.63) is 24.3 Å². The maximum atomic E-state index is 11.3. The molecule has 0 spiro atoms. The van der Waals surface area contributed by atoms with Crippen molar-refractivity contribution in [2.24, 2.45) is 11.8 Å². The van der Waals surface area contributed by atoms with Gasteiger partial charge >= 0.3 is 11.9 Å². The molecule has 3 unspecified atom stereocenters. The first-order valence-electron chi connectivity index (χ1n) is 7.02. The lowest BCUT2D eigenvalue weighted by Crippen LogP contribution is -2.36. The van der Waals surface area contributed by atoms with Gasteiger partial charge in [-0.1, -0.05) is 23.9 Å². The third-order valence-corrected chi connectivity index (χ3v) is 5.12. The lowest BCUT2D eigenvalue weighted by molar-refractivity contribution is -0.155. The molecule has 1 aliphatic carbocycles. The number of aromatic nitrogens is 1. The molecule has 22 heavy (non-hydrogen) atoms. The molecule has 116 valence electrons. The fourth-order valence-electron chi connectivity index (χ4n) is 2.85. The van der Waals surface area contributed by atoms with Gasteiger partial charge in [-0.3, -0.25) is 9.59 Å². The molecule has 0 amide bonds. The van der Waals surface area contributed by atoms with Gasteiger partial charge in [-0.15, -0.1) is 0 Å². The molecule has 1 aromatic heterocycles. The molecule has 1 fully saturated rings. The lowest BCUT2D eigenvalue weighted by Gasteiger charge is -2.30. The van der Waals surface area contributed by atoms with Crippen LogP contribution in [0.5, 0.6) is 0 Å². The van der Waals surface area contributed by atoms with Crippen molar-refractivity contribution in [3.63, 3.8) is 0 Å². The fraction of sp³-hybridized carbons (Fsp3) is 0.400. The summed E-state index contributed by atoms with van der Waals surface area (Å²) >= 11 is 1.39. The molecule has 0 aliphatic heterocycles. The first-order chi connectivity index (χ1) is 10.5. The van der Waals surface area contributed by atoms with Crippen molar-refractivity contribution in [1.82, 2.24) is 4.98 Å². The Morgan fingerprint density at radius 3 is 2.55 bits per heavy atom. The average Bonchev–Trinajstić information content (AvgIpc) is 2.89. The van der Waals surface area contributed by atoms with Crippen LogP contribution in [0.3, 0.4) is 0 Å². The Balaban J connectivity index is 1.73. The van der Waals surface area contributed by atoms with E-state index in [1.807, 2.05) is 24.3 Å². The molecule has 1 aromatic carbocycles. The van der Waals surface area contributed by atoms with Gasteiger partial charge in [0.15, 0.2) is 5.58 Å². The lowest BCUT2D eigenvalue weighted by atomic mass is 9.79. The number of carboxylic acid groups (broad SMARTS) is 2. The number of hydrogen-bond donors (Lipinski definition) is 2. The van der Waals surface area contributed by atoms with E-state index in [0.717, 1.165) is 5.52 Å². The van der Waals surface area contributed by atoms with Gasteiger partial charge in [0.25, 0.3) is 5.22 Å². The van der Waals surface area contributed by atoms with Gasteiger partial charge in [0.1, 0.15) is 5.52 Å². The number of aliphatic carboxylic acids is 2. The van der Waals surface area contributed by atoms with Crippen LogP contribution in [0.1, 0.15) is 19.3 Å². The van der Waals surface area contributed by atoms with Crippen molar-refractivity contribution in [2.75, 3.05) is 0 Å². The van der Waals surface area contributed by atoms with E-state index in [2.05, 4.69) is 4.98 Å². The Morgan fingerprint density at radius 1 is 1.14 bits per heavy atom. The molecule has 2 N–H and O–H groups in total. The number of carbonyl (C=O) groups is 2. The quantitative estimate of drug-likeness (QED) is 0.893. The molecule has 3 atom stereocenters. The third-order valence-electron chi connectivity index (χ3n) is 3.98. The number of hydrogen-bond acceptors (Lipinski definition) is 5. The van der Waals surface area contributed by atoms with Gasteiger partial charge in [-0.25, -0.2) is 4.98 Å². The van der Waals surface area contributed by atoms with E-state index in [4.69, 9.17) is 9.52 Å². The van der Waals surface area contributed by atoms with Crippen LogP contribution in [-0.2, 0) is 9.59 Å². The summed E-state index contributed by atoms with van der Waals surface area (Å²) in [4.78, 5) is 26.8. The summed E-state index contributed by atoms with van der Waals surface area (Å²) in [5.41, 5.74) is 1.46. The monoisotopic (exact) mass is 321 g/mol. The molecule has 6 nitrogen and oxygen atoms in total. The summed E-state index contributed by atoms with van der Waals surface area (Å²) in [5.74, 6) is -3.74. The first kappa shape index (κ1) is 14.9. The molecule has 0 saturated heterocycles. The largest absolute Gasteiger partial charge is 0.481 e. The third kappa shape index (κ3) is 2.94. The average molecular weight is 321 g/mol. The highest BCUT2D eigenvalue weighted by Gasteiger charge is 2.40. The molecule has 1 saturated carbocycles. The number of nitrogens with zero attached hydrogens (tertiary/aromatic N) is 1. The highest BCUT2D eigenvalue weighted by atomic mass is 32.2. The smallest absolute Gasteiger partial charge is 0.307 e. The molecule has 0 bridgehead atoms. The summed E-state index contributed by atoms with van der Waals surface area (Å²) in [6, 6.07) is 7.41. The number of fused-ring (bicyclic) bond motifs is 1. The number of rotatable bonds is 4. The highest BCUT2D eigenvalue weighted by Crippen LogP contribution is 2.39. The normalized spacial score (nSPS) is 25.2. The topological polar surface area (TPSA) is 101 Å². The number of para-hydroxylation sites is 2. The van der Waals surface area contributed by atoms with Crippen LogP contribution in [0.2, 0.25) is 0 Å². The Kier molecular flexibility index (Phi) is 4.06. The van der Waals surface area contributed by atoms with E-state index in [1.54, 1.807) is 0 Å². The Hall–Kier alpha value is -2.02. The van der Waals surface area contributed by atoms with Crippen LogP contribution < -0.4 is 0 Å². The maximum Gasteiger partial charge on any atom is 0.307 e. The van der Waals surface area contributed by atoms with Gasteiger partial charge in [0, 0.05) is 5.25 Å². The van der Waals surface area contributed by atoms with E-state index in [1.165, 1.54) is 11.8 Å². The molecule has 3 rings (SSSR count). The van der Waals surface area contributed by atoms with Crippen LogP contribution >= 0.6 is 11.8 Å². The molecule has 2 aromatic rings. The minimum Gasteiger partial charge on any atom is -0.481 e. The van der Waals surface area contributed by atoms with E-state index in [0.29, 0.717) is 30.1 Å². The minimum absolute atomic E-state index is 0.00441. The minimum atomic E-state index is -1.05. The van der Waals surface area contributed by atoms with E-state index < -0.39 is 23.8 Å². The zero-order valence-electron chi connectivity index (χ0n) is 11.6. The van der Waals surface area contributed by atoms with Crippen LogP contribution in [0.4, 0.5) is 0 Å². The van der Waals surface area contributed by atoms with Gasteiger partial charge in [0.05, 0.1) is 11.8 Å². The SMILES string of the molecule is O=C(O)C1CCC(Sc2nc3ccccc3o2)CC1C(=O)O. The highest BCUT2D eigenvalue weighted by molar-refractivity contribution is 7.99. The summed E-state index contributed by atoms with van der Waals surface area (Å²) in [6.45, 7) is 0. The van der Waals surface area contributed by atoms with E-state index in [-0.39, 0.29) is 5.25 Å². The summed E-state index contributed by atoms with van der Waals surface area (Å²) in [7, 11) is 0. The molecular weight excluding hydrogens is 306 g/mol. The van der Waals surface area contributed by atoms with Crippen molar-refractivity contribution < 1.29 is 24.2 Å². The second-order valence-corrected chi connectivity index (χ2v) is 6.64. The van der Waals surface area contributed by atoms with Crippen molar-refractivity contribution in [3.8, 4) is 0 Å². The predicted octanol–water partition coefficient (Wildman–Crippen LogP) is 2.87. The molecular formula is C15H15NO5S.